The van der Waals surface area contributed by atoms with Gasteiger partial charge < -0.3 is 9.32 Å². The van der Waals surface area contributed by atoms with Crippen LogP contribution < -0.4 is 0 Å². The van der Waals surface area contributed by atoms with Crippen molar-refractivity contribution in [2.24, 2.45) is 0 Å². The Kier molecular flexibility index (Phi) is 4.15. The number of halogens is 2. The molecule has 134 valence electrons. The van der Waals surface area contributed by atoms with Gasteiger partial charge in [-0.25, -0.2) is 13.8 Å². The molecule has 0 bridgehead atoms. The van der Waals surface area contributed by atoms with Crippen LogP contribution in [0.15, 0.2) is 41.4 Å². The van der Waals surface area contributed by atoms with E-state index < -0.39 is 18.3 Å². The van der Waals surface area contributed by atoms with Crippen molar-refractivity contribution in [1.29, 1.82) is 0 Å². The molecule has 26 heavy (non-hydrogen) atoms. The number of nitrogens with zero attached hydrogens (tertiary/aromatic N) is 6. The predicted molar refractivity (Wildman–Crippen MR) is 84.2 cm³/mol. The van der Waals surface area contributed by atoms with E-state index in [1.54, 1.807) is 30.7 Å². The van der Waals surface area contributed by atoms with Crippen molar-refractivity contribution in [2.75, 3.05) is 13.1 Å². The SMILES string of the molecule is O=C(c1coc(Cc2ccc(-n3nccn3)cn2)n1)N1CC(F)C(F)C1. The number of pyridine rings is 1. The molecule has 0 N–H and O–H groups in total. The van der Waals surface area contributed by atoms with Gasteiger partial charge in [0.1, 0.15) is 12.0 Å². The van der Waals surface area contributed by atoms with Gasteiger partial charge in [-0.1, -0.05) is 0 Å². The highest BCUT2D eigenvalue weighted by atomic mass is 19.2. The number of aromatic nitrogens is 5. The third kappa shape index (κ3) is 3.17. The molecular formula is C16H14F2N6O2. The van der Waals surface area contributed by atoms with Crippen LogP contribution in [-0.4, -0.2) is 61.2 Å². The van der Waals surface area contributed by atoms with Crippen molar-refractivity contribution in [3.05, 3.63) is 54.3 Å². The van der Waals surface area contributed by atoms with Crippen LogP contribution in [0, 0.1) is 0 Å². The van der Waals surface area contributed by atoms with Gasteiger partial charge in [-0.3, -0.25) is 9.78 Å². The molecule has 1 amide bonds. The molecule has 3 aromatic rings. The van der Waals surface area contributed by atoms with Crippen molar-refractivity contribution in [3.8, 4) is 5.69 Å². The summed E-state index contributed by atoms with van der Waals surface area (Å²) >= 11 is 0. The highest BCUT2D eigenvalue weighted by molar-refractivity contribution is 5.92. The maximum absolute atomic E-state index is 13.2. The van der Waals surface area contributed by atoms with Gasteiger partial charge in [-0.15, -0.1) is 0 Å². The molecule has 0 spiro atoms. The first kappa shape index (κ1) is 16.3. The minimum atomic E-state index is -1.66. The molecule has 0 saturated carbocycles. The zero-order valence-electron chi connectivity index (χ0n) is 13.5. The zero-order valence-corrected chi connectivity index (χ0v) is 13.5. The second-order valence-electron chi connectivity index (χ2n) is 5.87. The Hall–Kier alpha value is -3.17. The Bertz CT molecular complexity index is 886. The standard InChI is InChI=1S/C16H14F2N6O2/c17-12-7-23(8-13(12)18)16(25)14-9-26-15(22-14)5-10-1-2-11(6-19-10)24-20-3-4-21-24/h1-4,6,9,12-13H,5,7-8H2. The van der Waals surface area contributed by atoms with Crippen LogP contribution in [-0.2, 0) is 6.42 Å². The van der Waals surface area contributed by atoms with Crippen molar-refractivity contribution in [3.63, 3.8) is 0 Å². The maximum atomic E-state index is 13.2. The number of hydrogen-bond acceptors (Lipinski definition) is 6. The third-order valence-corrected chi connectivity index (χ3v) is 4.03. The van der Waals surface area contributed by atoms with Crippen LogP contribution in [0.1, 0.15) is 22.1 Å². The van der Waals surface area contributed by atoms with E-state index in [4.69, 9.17) is 4.42 Å². The number of carbonyl (C=O) groups excluding carboxylic acids is 1. The Morgan fingerprint density at radius 2 is 1.92 bits per heavy atom. The highest BCUT2D eigenvalue weighted by Crippen LogP contribution is 2.19. The van der Waals surface area contributed by atoms with Crippen LogP contribution in [0.2, 0.25) is 0 Å². The van der Waals surface area contributed by atoms with Crippen LogP contribution in [0.5, 0.6) is 0 Å². The number of alkyl halides is 2. The molecule has 4 heterocycles. The molecule has 1 fully saturated rings. The number of hydrogen-bond donors (Lipinski definition) is 0. The summed E-state index contributed by atoms with van der Waals surface area (Å²) in [7, 11) is 0. The lowest BCUT2D eigenvalue weighted by Gasteiger charge is -2.12. The van der Waals surface area contributed by atoms with Gasteiger partial charge in [-0.2, -0.15) is 15.0 Å². The Balaban J connectivity index is 1.43. The maximum Gasteiger partial charge on any atom is 0.276 e. The molecule has 1 saturated heterocycles. The van der Waals surface area contributed by atoms with E-state index in [1.165, 1.54) is 11.1 Å². The number of likely N-dealkylation sites (tertiary alicyclic amines) is 1. The van der Waals surface area contributed by atoms with E-state index in [2.05, 4.69) is 20.2 Å². The third-order valence-electron chi connectivity index (χ3n) is 4.03. The minimum absolute atomic E-state index is 0.0265. The molecule has 2 unspecified atom stereocenters. The van der Waals surface area contributed by atoms with Gasteiger partial charge in [0, 0.05) is 5.69 Å². The Labute approximate surface area is 146 Å². The van der Waals surface area contributed by atoms with E-state index in [0.29, 0.717) is 17.3 Å². The van der Waals surface area contributed by atoms with E-state index >= 15 is 0 Å². The normalized spacial score (nSPS) is 19.8. The van der Waals surface area contributed by atoms with E-state index in [1.807, 2.05) is 0 Å². The second-order valence-corrected chi connectivity index (χ2v) is 5.87. The smallest absolute Gasteiger partial charge is 0.276 e. The van der Waals surface area contributed by atoms with Crippen molar-refractivity contribution in [2.45, 2.75) is 18.8 Å². The van der Waals surface area contributed by atoms with Gasteiger partial charge >= 0.3 is 0 Å². The van der Waals surface area contributed by atoms with E-state index in [0.717, 1.165) is 4.90 Å². The number of rotatable bonds is 4. The van der Waals surface area contributed by atoms with Gasteiger partial charge in [0.2, 0.25) is 5.89 Å². The minimum Gasteiger partial charge on any atom is -0.448 e. The molecule has 0 aromatic carbocycles. The first-order valence-corrected chi connectivity index (χ1v) is 7.93. The molecule has 2 atom stereocenters. The Morgan fingerprint density at radius 3 is 2.58 bits per heavy atom. The van der Waals surface area contributed by atoms with Crippen LogP contribution >= 0.6 is 0 Å². The van der Waals surface area contributed by atoms with Gasteiger partial charge in [0.25, 0.3) is 5.91 Å². The fraction of sp³-hybridized carbons (Fsp3) is 0.312. The summed E-state index contributed by atoms with van der Waals surface area (Å²) in [4.78, 5) is 23.1. The van der Waals surface area contributed by atoms with Crippen LogP contribution in [0.3, 0.4) is 0 Å². The Morgan fingerprint density at radius 1 is 1.19 bits per heavy atom. The highest BCUT2D eigenvalue weighted by Gasteiger charge is 2.36. The fourth-order valence-electron chi connectivity index (χ4n) is 2.69. The average Bonchev–Trinajstić information content (AvgIpc) is 3.38. The topological polar surface area (TPSA) is 89.9 Å². The summed E-state index contributed by atoms with van der Waals surface area (Å²) in [6, 6.07) is 3.57. The summed E-state index contributed by atoms with van der Waals surface area (Å²) in [5.41, 5.74) is 1.41. The first-order valence-electron chi connectivity index (χ1n) is 7.93. The lowest BCUT2D eigenvalue weighted by molar-refractivity contribution is 0.0773. The number of amides is 1. The van der Waals surface area contributed by atoms with Gasteiger partial charge in [-0.05, 0) is 12.1 Å². The van der Waals surface area contributed by atoms with Crippen molar-refractivity contribution in [1.82, 2.24) is 29.9 Å². The second kappa shape index (κ2) is 6.62. The largest absolute Gasteiger partial charge is 0.448 e. The van der Waals surface area contributed by atoms with Crippen LogP contribution in [0.4, 0.5) is 8.78 Å². The van der Waals surface area contributed by atoms with Gasteiger partial charge in [0.15, 0.2) is 18.0 Å². The van der Waals surface area contributed by atoms with Crippen LogP contribution in [0.25, 0.3) is 5.69 Å². The van der Waals surface area contributed by atoms with Crippen molar-refractivity contribution >= 4 is 5.91 Å². The molecular weight excluding hydrogens is 346 g/mol. The molecule has 10 heteroatoms. The molecule has 1 aliphatic heterocycles. The molecule has 4 rings (SSSR count). The molecule has 0 radical (unpaired) electrons. The van der Waals surface area contributed by atoms with E-state index in [9.17, 15) is 13.6 Å². The lowest BCUT2D eigenvalue weighted by Crippen LogP contribution is -2.29. The van der Waals surface area contributed by atoms with E-state index in [-0.39, 0.29) is 25.2 Å². The average molecular weight is 360 g/mol. The number of oxazole rings is 1. The van der Waals surface area contributed by atoms with Gasteiger partial charge in [0.05, 0.1) is 38.1 Å². The molecule has 8 nitrogen and oxygen atoms in total. The monoisotopic (exact) mass is 360 g/mol. The molecule has 0 aliphatic carbocycles. The fourth-order valence-corrected chi connectivity index (χ4v) is 2.69. The zero-order chi connectivity index (χ0) is 18.1. The summed E-state index contributed by atoms with van der Waals surface area (Å²) < 4.78 is 31.8. The lowest BCUT2D eigenvalue weighted by atomic mass is 10.2. The molecule has 1 aliphatic rings. The summed E-state index contributed by atoms with van der Waals surface area (Å²) in [6.07, 6.45) is 2.90. The predicted octanol–water partition coefficient (Wildman–Crippen LogP) is 1.37. The first-order chi connectivity index (χ1) is 12.6. The summed E-state index contributed by atoms with van der Waals surface area (Å²) in [6.45, 7) is -0.542. The summed E-state index contributed by atoms with van der Waals surface area (Å²) in [5, 5.41) is 8.02. The summed E-state index contributed by atoms with van der Waals surface area (Å²) in [5.74, 6) is -0.255. The molecule has 3 aromatic heterocycles. The quantitative estimate of drug-likeness (QED) is 0.698. The number of carbonyl (C=O) groups is 1. The van der Waals surface area contributed by atoms with Crippen molar-refractivity contribution < 1.29 is 18.0 Å².